The molecule has 6 nitrogen and oxygen atoms in total. The van der Waals surface area contributed by atoms with Crippen molar-refractivity contribution in [2.75, 3.05) is 7.05 Å². The number of aryl methyl sites for hydroxylation is 1. The number of benzene rings is 1. The van der Waals surface area contributed by atoms with Gasteiger partial charge < -0.3 is 5.32 Å². The highest BCUT2D eigenvalue weighted by Gasteiger charge is 2.40. The van der Waals surface area contributed by atoms with E-state index in [9.17, 15) is 13.2 Å². The molecular weight excluding hydrogens is 449 g/mol. The number of piperidine rings is 1. The van der Waals surface area contributed by atoms with Gasteiger partial charge in [0, 0.05) is 47.7 Å². The number of hydrogen-bond donors (Lipinski definition) is 2. The van der Waals surface area contributed by atoms with E-state index < -0.39 is 11.7 Å². The number of halogens is 3. The summed E-state index contributed by atoms with van der Waals surface area (Å²) in [5, 5.41) is 12.4. The molecule has 2 aromatic rings. The van der Waals surface area contributed by atoms with Gasteiger partial charge in [0.1, 0.15) is 11.4 Å². The van der Waals surface area contributed by atoms with E-state index in [0.717, 1.165) is 12.8 Å². The van der Waals surface area contributed by atoms with Crippen LogP contribution in [0.4, 0.5) is 13.2 Å². The minimum Gasteiger partial charge on any atom is -0.307 e. The molecule has 2 heterocycles. The second kappa shape index (κ2) is 9.50. The highest BCUT2D eigenvalue weighted by atomic mass is 32.2. The number of hydrazone groups is 1. The molecule has 0 aliphatic carbocycles. The van der Waals surface area contributed by atoms with Crippen molar-refractivity contribution in [3.8, 4) is 11.1 Å². The van der Waals surface area contributed by atoms with Crippen LogP contribution in [0.2, 0.25) is 0 Å². The van der Waals surface area contributed by atoms with Crippen LogP contribution in [-0.2, 0) is 13.2 Å². The van der Waals surface area contributed by atoms with Crippen molar-refractivity contribution in [3.63, 3.8) is 0 Å². The molecule has 0 amide bonds. The summed E-state index contributed by atoms with van der Waals surface area (Å²) in [4.78, 5) is 3.83. The van der Waals surface area contributed by atoms with Crippen molar-refractivity contribution in [1.82, 2.24) is 20.5 Å². The molecule has 1 aliphatic heterocycles. The lowest BCUT2D eigenvalue weighted by Gasteiger charge is -2.46. The fourth-order valence-electron chi connectivity index (χ4n) is 4.48. The van der Waals surface area contributed by atoms with Gasteiger partial charge in [-0.15, -0.1) is 11.8 Å². The van der Waals surface area contributed by atoms with Crippen molar-refractivity contribution in [3.05, 3.63) is 41.7 Å². The summed E-state index contributed by atoms with van der Waals surface area (Å²) in [6.45, 7) is 8.46. The zero-order valence-corrected chi connectivity index (χ0v) is 20.6. The van der Waals surface area contributed by atoms with Gasteiger partial charge in [-0.3, -0.25) is 15.1 Å². The number of rotatable bonds is 5. The standard InChI is InChI=1S/C23H31F3N6S/c1-21(2)10-17(11-22(3,4)31-21)33-20(30-28-14-27-5)18-8-7-15(9-19(18)23(24,25)26)16-12-29-32(6)13-16/h7-9,12-14,17,31H,10-11H2,1-6H3,(H,27,28)/b30-20-. The normalized spacial score (nSPS) is 19.2. The first-order chi connectivity index (χ1) is 15.3. The Morgan fingerprint density at radius 3 is 2.42 bits per heavy atom. The van der Waals surface area contributed by atoms with Crippen LogP contribution in [0.5, 0.6) is 0 Å². The first-order valence-corrected chi connectivity index (χ1v) is 11.6. The topological polar surface area (TPSA) is 66.6 Å². The van der Waals surface area contributed by atoms with Gasteiger partial charge in [-0.05, 0) is 52.2 Å². The molecule has 0 radical (unpaired) electrons. The Morgan fingerprint density at radius 1 is 1.21 bits per heavy atom. The summed E-state index contributed by atoms with van der Waals surface area (Å²) in [5.74, 6) is 0. The Kier molecular flexibility index (Phi) is 7.28. The second-order valence-electron chi connectivity index (χ2n) is 9.64. The minimum absolute atomic E-state index is 0.0475. The molecule has 3 rings (SSSR count). The van der Waals surface area contributed by atoms with Gasteiger partial charge in [-0.25, -0.2) is 0 Å². The summed E-state index contributed by atoms with van der Waals surface area (Å²) >= 11 is 1.38. The zero-order chi connectivity index (χ0) is 24.4. The van der Waals surface area contributed by atoms with E-state index in [1.54, 1.807) is 37.2 Å². The molecular formula is C23H31F3N6S. The van der Waals surface area contributed by atoms with Crippen LogP contribution < -0.4 is 10.7 Å². The first kappa shape index (κ1) is 25.3. The Morgan fingerprint density at radius 2 is 1.88 bits per heavy atom. The van der Waals surface area contributed by atoms with Crippen molar-refractivity contribution in [2.24, 2.45) is 17.1 Å². The molecule has 33 heavy (non-hydrogen) atoms. The third-order valence-corrected chi connectivity index (χ3v) is 6.58. The maximum Gasteiger partial charge on any atom is 0.417 e. The van der Waals surface area contributed by atoms with E-state index in [0.29, 0.717) is 16.2 Å². The third kappa shape index (κ3) is 6.60. The van der Waals surface area contributed by atoms with Crippen LogP contribution >= 0.6 is 11.8 Å². The van der Waals surface area contributed by atoms with Gasteiger partial charge in [0.15, 0.2) is 0 Å². The van der Waals surface area contributed by atoms with Crippen molar-refractivity contribution in [2.45, 2.75) is 63.0 Å². The minimum atomic E-state index is -4.54. The largest absolute Gasteiger partial charge is 0.417 e. The van der Waals surface area contributed by atoms with E-state index in [1.807, 2.05) is 0 Å². The predicted molar refractivity (Wildman–Crippen MR) is 130 cm³/mol. The number of hydrogen-bond acceptors (Lipinski definition) is 5. The Balaban J connectivity index is 2.04. The van der Waals surface area contributed by atoms with Gasteiger partial charge in [0.05, 0.1) is 11.8 Å². The lowest BCUT2D eigenvalue weighted by atomic mass is 9.82. The van der Waals surface area contributed by atoms with E-state index in [4.69, 9.17) is 0 Å². The summed E-state index contributed by atoms with van der Waals surface area (Å²) in [6, 6.07) is 4.35. The smallest absolute Gasteiger partial charge is 0.307 e. The molecule has 2 N–H and O–H groups in total. The van der Waals surface area contributed by atoms with Gasteiger partial charge in [0.2, 0.25) is 0 Å². The number of alkyl halides is 3. The summed E-state index contributed by atoms with van der Waals surface area (Å²) in [6.07, 6.45) is 1.66. The second-order valence-corrected chi connectivity index (χ2v) is 10.9. The van der Waals surface area contributed by atoms with Crippen LogP contribution in [-0.4, -0.2) is 44.5 Å². The van der Waals surface area contributed by atoms with Crippen LogP contribution in [0.25, 0.3) is 11.1 Å². The molecule has 0 bridgehead atoms. The van der Waals surface area contributed by atoms with Crippen LogP contribution in [0.1, 0.15) is 51.7 Å². The number of aliphatic imine (C=N–C) groups is 1. The first-order valence-electron chi connectivity index (χ1n) is 10.7. The van der Waals surface area contributed by atoms with Crippen LogP contribution in [0, 0.1) is 0 Å². The molecule has 180 valence electrons. The number of aromatic nitrogens is 2. The van der Waals surface area contributed by atoms with Gasteiger partial charge >= 0.3 is 6.18 Å². The maximum absolute atomic E-state index is 14.2. The van der Waals surface area contributed by atoms with E-state index in [2.05, 4.69) is 53.6 Å². The van der Waals surface area contributed by atoms with Crippen molar-refractivity contribution < 1.29 is 13.2 Å². The van der Waals surface area contributed by atoms with Crippen molar-refractivity contribution in [1.29, 1.82) is 0 Å². The molecule has 0 atom stereocenters. The lowest BCUT2D eigenvalue weighted by molar-refractivity contribution is -0.137. The number of nitrogens with zero attached hydrogens (tertiary/aromatic N) is 4. The molecule has 10 heteroatoms. The maximum atomic E-state index is 14.2. The van der Waals surface area contributed by atoms with Crippen LogP contribution in [0.15, 0.2) is 40.7 Å². The SMILES string of the molecule is CN=CN/N=C(\SC1CC(C)(C)NC(C)(C)C1)c1ccc(-c2cnn(C)c2)cc1C(F)(F)F. The molecule has 1 saturated heterocycles. The summed E-state index contributed by atoms with van der Waals surface area (Å²) < 4.78 is 44.1. The Bertz CT molecular complexity index is 1020. The monoisotopic (exact) mass is 480 g/mol. The molecule has 1 aromatic heterocycles. The van der Waals surface area contributed by atoms with Crippen LogP contribution in [0.3, 0.4) is 0 Å². The quantitative estimate of drug-likeness (QED) is 0.357. The van der Waals surface area contributed by atoms with E-state index >= 15 is 0 Å². The van der Waals surface area contributed by atoms with Crippen molar-refractivity contribution >= 4 is 23.1 Å². The lowest BCUT2D eigenvalue weighted by Crippen LogP contribution is -2.58. The predicted octanol–water partition coefficient (Wildman–Crippen LogP) is 5.06. The third-order valence-electron chi connectivity index (χ3n) is 5.38. The fraction of sp³-hybridized carbons (Fsp3) is 0.522. The average Bonchev–Trinajstić information content (AvgIpc) is 3.10. The summed E-state index contributed by atoms with van der Waals surface area (Å²) in [5.41, 5.74) is 2.80. The molecule has 1 aromatic carbocycles. The molecule has 0 saturated carbocycles. The highest BCUT2D eigenvalue weighted by Crippen LogP contribution is 2.40. The van der Waals surface area contributed by atoms with E-state index in [1.165, 1.54) is 30.2 Å². The Labute approximate surface area is 197 Å². The fourth-order valence-corrected chi connectivity index (χ4v) is 6.21. The summed E-state index contributed by atoms with van der Waals surface area (Å²) in [7, 11) is 3.30. The average molecular weight is 481 g/mol. The molecule has 1 fully saturated rings. The van der Waals surface area contributed by atoms with Gasteiger partial charge in [-0.1, -0.05) is 12.1 Å². The van der Waals surface area contributed by atoms with Gasteiger partial charge in [0.25, 0.3) is 0 Å². The molecule has 0 unspecified atom stereocenters. The molecule has 1 aliphatic rings. The highest BCUT2D eigenvalue weighted by molar-refractivity contribution is 8.15. The zero-order valence-electron chi connectivity index (χ0n) is 19.8. The number of thioether (sulfide) groups is 1. The Hall–Kier alpha value is -2.33. The van der Waals surface area contributed by atoms with E-state index in [-0.39, 0.29) is 21.9 Å². The number of nitrogens with one attached hydrogen (secondary N) is 2. The molecule has 0 spiro atoms. The van der Waals surface area contributed by atoms with Gasteiger partial charge in [-0.2, -0.15) is 23.4 Å².